The fourth-order valence-electron chi connectivity index (χ4n) is 1.10. The van der Waals surface area contributed by atoms with E-state index in [0.29, 0.717) is 5.56 Å². The lowest BCUT2D eigenvalue weighted by molar-refractivity contribution is 0.883. The van der Waals surface area contributed by atoms with Crippen LogP contribution in [-0.2, 0) is 0 Å². The molecule has 0 amide bonds. The van der Waals surface area contributed by atoms with Crippen LogP contribution < -0.4 is 5.73 Å². The van der Waals surface area contributed by atoms with Crippen LogP contribution in [-0.4, -0.2) is 14.8 Å². The van der Waals surface area contributed by atoms with Crippen molar-refractivity contribution in [2.75, 3.05) is 5.73 Å². The second-order valence-corrected chi connectivity index (χ2v) is 2.69. The number of nitrogens with two attached hydrogens (primary N) is 1. The first-order valence-electron chi connectivity index (χ1n) is 3.97. The molecule has 0 radical (unpaired) electrons. The monoisotopic (exact) mass is 185 g/mol. The van der Waals surface area contributed by atoms with Crippen molar-refractivity contribution in [2.24, 2.45) is 0 Å². The average Bonchev–Trinajstić information content (AvgIpc) is 2.61. The van der Waals surface area contributed by atoms with Gasteiger partial charge in [-0.2, -0.15) is 5.26 Å². The number of nitrogen functional groups attached to an aromatic ring is 1. The lowest BCUT2D eigenvalue weighted by Gasteiger charge is -1.97. The largest absolute Gasteiger partial charge is 0.381 e. The first-order valence-corrected chi connectivity index (χ1v) is 3.97. The summed E-state index contributed by atoms with van der Waals surface area (Å²) in [6, 6.07) is 5.53. The van der Waals surface area contributed by atoms with Crippen LogP contribution in [0, 0.1) is 11.3 Å². The van der Waals surface area contributed by atoms with Crippen molar-refractivity contribution in [1.82, 2.24) is 14.8 Å². The SMILES string of the molecule is N#Cc1cn(-c2ccncc2)nc1N. The van der Waals surface area contributed by atoms with Gasteiger partial charge in [-0.25, -0.2) is 4.68 Å². The molecule has 14 heavy (non-hydrogen) atoms. The molecule has 0 saturated heterocycles. The Morgan fingerprint density at radius 2 is 2.07 bits per heavy atom. The first kappa shape index (κ1) is 8.26. The van der Waals surface area contributed by atoms with Gasteiger partial charge in [0.2, 0.25) is 0 Å². The summed E-state index contributed by atoms with van der Waals surface area (Å²) in [5.41, 5.74) is 6.72. The van der Waals surface area contributed by atoms with Crippen molar-refractivity contribution in [3.63, 3.8) is 0 Å². The smallest absolute Gasteiger partial charge is 0.163 e. The molecule has 0 aliphatic carbocycles. The zero-order valence-corrected chi connectivity index (χ0v) is 7.25. The van der Waals surface area contributed by atoms with E-state index in [9.17, 15) is 0 Å². The Kier molecular flexibility index (Phi) is 1.88. The van der Waals surface area contributed by atoms with Crippen molar-refractivity contribution in [1.29, 1.82) is 5.26 Å². The van der Waals surface area contributed by atoms with Gasteiger partial charge in [0.15, 0.2) is 5.82 Å². The predicted molar refractivity (Wildman–Crippen MR) is 50.5 cm³/mol. The minimum absolute atomic E-state index is 0.240. The van der Waals surface area contributed by atoms with Gasteiger partial charge in [0.1, 0.15) is 11.6 Å². The lowest BCUT2D eigenvalue weighted by atomic mass is 10.3. The van der Waals surface area contributed by atoms with Crippen molar-refractivity contribution >= 4 is 5.82 Å². The van der Waals surface area contributed by atoms with E-state index in [0.717, 1.165) is 5.69 Å². The number of aromatic nitrogens is 3. The molecule has 0 bridgehead atoms. The van der Waals surface area contributed by atoms with Crippen LogP contribution in [0.2, 0.25) is 0 Å². The highest BCUT2D eigenvalue weighted by Gasteiger charge is 2.05. The van der Waals surface area contributed by atoms with Gasteiger partial charge >= 0.3 is 0 Å². The number of pyridine rings is 1. The van der Waals surface area contributed by atoms with Gasteiger partial charge in [-0.3, -0.25) is 4.98 Å². The van der Waals surface area contributed by atoms with Crippen molar-refractivity contribution in [3.8, 4) is 11.8 Å². The normalized spacial score (nSPS) is 9.64. The molecule has 0 atom stereocenters. The topological polar surface area (TPSA) is 80.5 Å². The first-order chi connectivity index (χ1) is 6.81. The summed E-state index contributed by atoms with van der Waals surface area (Å²) in [5, 5.41) is 12.7. The van der Waals surface area contributed by atoms with Crippen molar-refractivity contribution in [2.45, 2.75) is 0 Å². The molecule has 5 heteroatoms. The highest BCUT2D eigenvalue weighted by Crippen LogP contribution is 2.11. The molecule has 2 aromatic rings. The number of rotatable bonds is 1. The molecular weight excluding hydrogens is 178 g/mol. The number of hydrogen-bond acceptors (Lipinski definition) is 4. The molecule has 0 unspecified atom stereocenters. The van der Waals surface area contributed by atoms with E-state index in [1.54, 1.807) is 35.4 Å². The summed E-state index contributed by atoms with van der Waals surface area (Å²) in [6.45, 7) is 0. The van der Waals surface area contributed by atoms with E-state index < -0.39 is 0 Å². The van der Waals surface area contributed by atoms with Gasteiger partial charge in [-0.05, 0) is 12.1 Å². The molecule has 0 aromatic carbocycles. The van der Waals surface area contributed by atoms with Crippen molar-refractivity contribution < 1.29 is 0 Å². The van der Waals surface area contributed by atoms with Crippen LogP contribution in [0.5, 0.6) is 0 Å². The highest BCUT2D eigenvalue weighted by atomic mass is 15.3. The molecule has 2 aromatic heterocycles. The molecule has 68 valence electrons. The Morgan fingerprint density at radius 1 is 1.36 bits per heavy atom. The molecule has 0 spiro atoms. The predicted octanol–water partition coefficient (Wildman–Crippen LogP) is 0.721. The quantitative estimate of drug-likeness (QED) is 0.709. The lowest BCUT2D eigenvalue weighted by Crippen LogP contribution is -1.95. The maximum Gasteiger partial charge on any atom is 0.163 e. The summed E-state index contributed by atoms with van der Waals surface area (Å²) in [5.74, 6) is 0.240. The summed E-state index contributed by atoms with van der Waals surface area (Å²) in [7, 11) is 0. The molecule has 2 N–H and O–H groups in total. The summed E-state index contributed by atoms with van der Waals surface area (Å²) >= 11 is 0. The summed E-state index contributed by atoms with van der Waals surface area (Å²) < 4.78 is 1.55. The number of nitrogens with zero attached hydrogens (tertiary/aromatic N) is 4. The fraction of sp³-hybridized carbons (Fsp3) is 0. The van der Waals surface area contributed by atoms with E-state index in [2.05, 4.69) is 10.1 Å². The molecule has 0 fully saturated rings. The minimum atomic E-state index is 0.240. The van der Waals surface area contributed by atoms with E-state index >= 15 is 0 Å². The Morgan fingerprint density at radius 3 is 2.64 bits per heavy atom. The second kappa shape index (κ2) is 3.18. The molecule has 2 heterocycles. The van der Waals surface area contributed by atoms with Gasteiger partial charge in [0.25, 0.3) is 0 Å². The minimum Gasteiger partial charge on any atom is -0.381 e. The van der Waals surface area contributed by atoms with Crippen LogP contribution in [0.1, 0.15) is 5.56 Å². The summed E-state index contributed by atoms with van der Waals surface area (Å²) in [6.07, 6.45) is 4.89. The van der Waals surface area contributed by atoms with E-state index in [4.69, 9.17) is 11.0 Å². The molecule has 2 rings (SSSR count). The number of hydrogen-bond donors (Lipinski definition) is 1. The molecule has 5 nitrogen and oxygen atoms in total. The van der Waals surface area contributed by atoms with Gasteiger partial charge in [0, 0.05) is 12.4 Å². The maximum absolute atomic E-state index is 8.68. The highest BCUT2D eigenvalue weighted by molar-refractivity contribution is 5.48. The zero-order chi connectivity index (χ0) is 9.97. The van der Waals surface area contributed by atoms with Gasteiger partial charge in [-0.15, -0.1) is 5.10 Å². The van der Waals surface area contributed by atoms with E-state index in [-0.39, 0.29) is 5.82 Å². The van der Waals surface area contributed by atoms with E-state index in [1.165, 1.54) is 0 Å². The number of anilines is 1. The Labute approximate surface area is 80.4 Å². The zero-order valence-electron chi connectivity index (χ0n) is 7.25. The fourth-order valence-corrected chi connectivity index (χ4v) is 1.10. The molecular formula is C9H7N5. The van der Waals surface area contributed by atoms with Gasteiger partial charge in [-0.1, -0.05) is 0 Å². The summed E-state index contributed by atoms with van der Waals surface area (Å²) in [4.78, 5) is 3.88. The molecule has 0 saturated carbocycles. The van der Waals surface area contributed by atoms with Gasteiger partial charge < -0.3 is 5.73 Å². The van der Waals surface area contributed by atoms with Crippen LogP contribution >= 0.6 is 0 Å². The third-order valence-electron chi connectivity index (χ3n) is 1.79. The van der Waals surface area contributed by atoms with Crippen LogP contribution in [0.15, 0.2) is 30.7 Å². The molecule has 0 aliphatic heterocycles. The third kappa shape index (κ3) is 1.29. The second-order valence-electron chi connectivity index (χ2n) is 2.69. The number of nitriles is 1. The Balaban J connectivity index is 2.50. The Hall–Kier alpha value is -2.35. The Bertz CT molecular complexity index is 480. The standard InChI is InChI=1S/C9H7N5/c10-5-7-6-14(13-9(7)11)8-1-3-12-4-2-8/h1-4,6H,(H2,11,13). The third-order valence-corrected chi connectivity index (χ3v) is 1.79. The van der Waals surface area contributed by atoms with E-state index in [1.807, 2.05) is 6.07 Å². The van der Waals surface area contributed by atoms with Crippen LogP contribution in [0.25, 0.3) is 5.69 Å². The van der Waals surface area contributed by atoms with Crippen LogP contribution in [0.4, 0.5) is 5.82 Å². The van der Waals surface area contributed by atoms with Crippen LogP contribution in [0.3, 0.4) is 0 Å². The average molecular weight is 185 g/mol. The molecule has 0 aliphatic rings. The van der Waals surface area contributed by atoms with Crippen molar-refractivity contribution in [3.05, 3.63) is 36.3 Å². The van der Waals surface area contributed by atoms with Gasteiger partial charge in [0.05, 0.1) is 11.9 Å². The maximum atomic E-state index is 8.68.